The molecule has 0 aliphatic carbocycles. The molecule has 0 spiro atoms. The summed E-state index contributed by atoms with van der Waals surface area (Å²) >= 11 is 3.35. The van der Waals surface area contributed by atoms with Gasteiger partial charge in [0.25, 0.3) is 11.5 Å². The van der Waals surface area contributed by atoms with Crippen LogP contribution in [0.1, 0.15) is 26.6 Å². The molecule has 0 saturated carbocycles. The highest BCUT2D eigenvalue weighted by Crippen LogP contribution is 2.15. The van der Waals surface area contributed by atoms with Crippen LogP contribution in [0.2, 0.25) is 0 Å². The summed E-state index contributed by atoms with van der Waals surface area (Å²) in [6.07, 6.45) is 5.84. The van der Waals surface area contributed by atoms with Crippen LogP contribution in [0.5, 0.6) is 5.88 Å². The molecule has 3 aromatic rings. The lowest BCUT2D eigenvalue weighted by Gasteiger charge is -2.11. The standard InChI is InChI=1S/C20H22N4O3S2/c1-13-7-9-24(15-4-5-16(27-2)22-10-15)20(26)18(13)19(25)21-8-6-14-11-29-17(23-14)12-28-3/h4-5,7,9-11H,6,8,12H2,1-3H3,(H,21,25). The van der Waals surface area contributed by atoms with Crippen molar-refractivity contribution in [1.82, 2.24) is 19.9 Å². The van der Waals surface area contributed by atoms with Gasteiger partial charge in [-0.05, 0) is 30.9 Å². The van der Waals surface area contributed by atoms with Gasteiger partial charge >= 0.3 is 0 Å². The summed E-state index contributed by atoms with van der Waals surface area (Å²) in [5.74, 6) is 0.956. The number of amides is 1. The summed E-state index contributed by atoms with van der Waals surface area (Å²) < 4.78 is 6.45. The first kappa shape index (κ1) is 21.1. The molecule has 0 fully saturated rings. The molecule has 0 aliphatic heterocycles. The maximum Gasteiger partial charge on any atom is 0.268 e. The predicted octanol–water partition coefficient (Wildman–Crippen LogP) is 2.84. The van der Waals surface area contributed by atoms with Crippen LogP contribution in [-0.4, -0.2) is 40.4 Å². The number of rotatable bonds is 8. The van der Waals surface area contributed by atoms with Crippen molar-refractivity contribution in [1.29, 1.82) is 0 Å². The van der Waals surface area contributed by atoms with E-state index < -0.39 is 0 Å². The molecule has 0 radical (unpaired) electrons. The Hall–Kier alpha value is -2.65. The van der Waals surface area contributed by atoms with Gasteiger partial charge in [-0.1, -0.05) is 0 Å². The van der Waals surface area contributed by atoms with Crippen LogP contribution in [0.3, 0.4) is 0 Å². The van der Waals surface area contributed by atoms with Gasteiger partial charge in [0.15, 0.2) is 0 Å². The zero-order chi connectivity index (χ0) is 20.8. The molecule has 3 rings (SSSR count). The largest absolute Gasteiger partial charge is 0.481 e. The highest BCUT2D eigenvalue weighted by Gasteiger charge is 2.16. The number of aryl methyl sites for hydroxylation is 1. The second-order valence-corrected chi connectivity index (χ2v) is 8.09. The molecule has 3 aromatic heterocycles. The summed E-state index contributed by atoms with van der Waals surface area (Å²) in [4.78, 5) is 34.3. The third-order valence-electron chi connectivity index (χ3n) is 4.27. The van der Waals surface area contributed by atoms with E-state index in [1.807, 2.05) is 11.6 Å². The van der Waals surface area contributed by atoms with Gasteiger partial charge in [-0.25, -0.2) is 9.97 Å². The number of carbonyl (C=O) groups is 1. The molecule has 7 nitrogen and oxygen atoms in total. The molecule has 3 heterocycles. The van der Waals surface area contributed by atoms with Crippen molar-refractivity contribution in [2.75, 3.05) is 19.9 Å². The molecular weight excluding hydrogens is 408 g/mol. The quantitative estimate of drug-likeness (QED) is 0.591. The number of aromatic nitrogens is 3. The molecule has 0 aliphatic rings. The van der Waals surface area contributed by atoms with Crippen LogP contribution in [0, 0.1) is 6.92 Å². The molecule has 1 N–H and O–H groups in total. The Labute approximate surface area is 177 Å². The molecule has 29 heavy (non-hydrogen) atoms. The molecule has 0 bridgehead atoms. The van der Waals surface area contributed by atoms with Gasteiger partial charge in [-0.2, -0.15) is 11.8 Å². The third kappa shape index (κ3) is 5.04. The fourth-order valence-electron chi connectivity index (χ4n) is 2.79. The number of nitrogens with one attached hydrogen (secondary N) is 1. The molecule has 0 unspecified atom stereocenters. The second-order valence-electron chi connectivity index (χ2n) is 6.28. The summed E-state index contributed by atoms with van der Waals surface area (Å²) in [7, 11) is 1.53. The van der Waals surface area contributed by atoms with Crippen LogP contribution in [0.15, 0.2) is 40.8 Å². The van der Waals surface area contributed by atoms with Gasteiger partial charge in [0.05, 0.1) is 24.7 Å². The average Bonchev–Trinajstić information content (AvgIpc) is 3.16. The summed E-state index contributed by atoms with van der Waals surface area (Å²) in [6.45, 7) is 2.17. The monoisotopic (exact) mass is 430 g/mol. The van der Waals surface area contributed by atoms with Crippen LogP contribution >= 0.6 is 23.1 Å². The Balaban J connectivity index is 1.73. The number of ether oxygens (including phenoxy) is 1. The maximum absolute atomic E-state index is 12.9. The maximum atomic E-state index is 12.9. The number of hydrogen-bond acceptors (Lipinski definition) is 7. The lowest BCUT2D eigenvalue weighted by Crippen LogP contribution is -2.34. The van der Waals surface area contributed by atoms with Crippen LogP contribution in [0.25, 0.3) is 5.69 Å². The van der Waals surface area contributed by atoms with Gasteiger partial charge in [0, 0.05) is 36.4 Å². The third-order valence-corrected chi connectivity index (χ3v) is 5.91. The molecule has 0 atom stereocenters. The minimum atomic E-state index is -0.386. The Morgan fingerprint density at radius 1 is 1.34 bits per heavy atom. The predicted molar refractivity (Wildman–Crippen MR) is 116 cm³/mol. The van der Waals surface area contributed by atoms with Crippen molar-refractivity contribution in [3.63, 3.8) is 0 Å². The topological polar surface area (TPSA) is 86.1 Å². The zero-order valence-electron chi connectivity index (χ0n) is 16.5. The minimum absolute atomic E-state index is 0.129. The number of pyridine rings is 2. The lowest BCUT2D eigenvalue weighted by molar-refractivity contribution is 0.0951. The Morgan fingerprint density at radius 2 is 2.17 bits per heavy atom. The fraction of sp³-hybridized carbons (Fsp3) is 0.300. The number of thioether (sulfide) groups is 1. The number of methoxy groups -OCH3 is 1. The fourth-order valence-corrected chi connectivity index (χ4v) is 4.34. The average molecular weight is 431 g/mol. The number of thiazole rings is 1. The van der Waals surface area contributed by atoms with E-state index in [9.17, 15) is 9.59 Å². The Kier molecular flexibility index (Phi) is 7.05. The van der Waals surface area contributed by atoms with Crippen LogP contribution in [0.4, 0.5) is 0 Å². The smallest absolute Gasteiger partial charge is 0.268 e. The number of carbonyl (C=O) groups excluding carboxylic acids is 1. The van der Waals surface area contributed by atoms with Crippen molar-refractivity contribution in [3.05, 3.63) is 68.2 Å². The lowest BCUT2D eigenvalue weighted by atomic mass is 10.1. The van der Waals surface area contributed by atoms with Crippen LogP contribution < -0.4 is 15.6 Å². The summed E-state index contributed by atoms with van der Waals surface area (Å²) in [5, 5.41) is 5.93. The van der Waals surface area contributed by atoms with Gasteiger partial charge in [-0.3, -0.25) is 14.2 Å². The van der Waals surface area contributed by atoms with Crippen molar-refractivity contribution >= 4 is 29.0 Å². The molecule has 1 amide bonds. The van der Waals surface area contributed by atoms with E-state index in [1.54, 1.807) is 54.4 Å². The highest BCUT2D eigenvalue weighted by atomic mass is 32.2. The van der Waals surface area contributed by atoms with E-state index in [2.05, 4.69) is 15.3 Å². The Morgan fingerprint density at radius 3 is 2.86 bits per heavy atom. The van der Waals surface area contributed by atoms with Crippen molar-refractivity contribution in [2.45, 2.75) is 19.1 Å². The molecule has 9 heteroatoms. The minimum Gasteiger partial charge on any atom is -0.481 e. The highest BCUT2D eigenvalue weighted by molar-refractivity contribution is 7.97. The summed E-state index contributed by atoms with van der Waals surface area (Å²) in [6, 6.07) is 5.13. The molecule has 0 aromatic carbocycles. The normalized spacial score (nSPS) is 10.7. The van der Waals surface area contributed by atoms with E-state index in [4.69, 9.17) is 4.74 Å². The van der Waals surface area contributed by atoms with E-state index in [0.717, 1.165) is 16.5 Å². The zero-order valence-corrected chi connectivity index (χ0v) is 18.1. The second kappa shape index (κ2) is 9.71. The van der Waals surface area contributed by atoms with Crippen molar-refractivity contribution in [3.8, 4) is 11.6 Å². The summed E-state index contributed by atoms with van der Waals surface area (Å²) in [5.41, 5.74) is 1.88. The number of hydrogen-bond donors (Lipinski definition) is 1. The van der Waals surface area contributed by atoms with E-state index in [1.165, 1.54) is 17.9 Å². The van der Waals surface area contributed by atoms with Crippen molar-refractivity contribution < 1.29 is 9.53 Å². The van der Waals surface area contributed by atoms with Gasteiger partial charge in [-0.15, -0.1) is 11.3 Å². The first-order chi connectivity index (χ1) is 14.0. The van der Waals surface area contributed by atoms with Gasteiger partial charge in [0.1, 0.15) is 10.6 Å². The first-order valence-corrected chi connectivity index (χ1v) is 11.2. The van der Waals surface area contributed by atoms with Crippen LogP contribution in [-0.2, 0) is 12.2 Å². The van der Waals surface area contributed by atoms with E-state index in [0.29, 0.717) is 30.1 Å². The number of nitrogens with zero attached hydrogens (tertiary/aromatic N) is 3. The Bertz CT molecular complexity index is 1040. The van der Waals surface area contributed by atoms with E-state index >= 15 is 0 Å². The van der Waals surface area contributed by atoms with E-state index in [-0.39, 0.29) is 17.0 Å². The first-order valence-electron chi connectivity index (χ1n) is 8.96. The molecular formula is C20H22N4O3S2. The van der Waals surface area contributed by atoms with Gasteiger partial charge in [0.2, 0.25) is 5.88 Å². The molecule has 152 valence electrons. The van der Waals surface area contributed by atoms with Crippen molar-refractivity contribution in [2.24, 2.45) is 0 Å². The van der Waals surface area contributed by atoms with Gasteiger partial charge < -0.3 is 10.1 Å². The SMILES string of the molecule is COc1ccc(-n2ccc(C)c(C(=O)NCCc3csc(CSC)n3)c2=O)cn1. The molecule has 0 saturated heterocycles.